The zero-order chi connectivity index (χ0) is 26.0. The van der Waals surface area contributed by atoms with Gasteiger partial charge in [0.15, 0.2) is 11.6 Å². The van der Waals surface area contributed by atoms with E-state index in [-0.39, 0.29) is 11.6 Å². The highest BCUT2D eigenvalue weighted by atomic mass is 19.4. The number of nitrogens with two attached hydrogens (primary N) is 1. The summed E-state index contributed by atoms with van der Waals surface area (Å²) in [5.74, 6) is -3.39. The Kier molecular flexibility index (Phi) is 7.64. The maximum absolute atomic E-state index is 14.9. The van der Waals surface area contributed by atoms with Gasteiger partial charge in [0.05, 0.1) is 5.56 Å². The van der Waals surface area contributed by atoms with Crippen LogP contribution in [0.2, 0.25) is 0 Å². The Morgan fingerprint density at radius 1 is 0.806 bits per heavy atom. The van der Waals surface area contributed by atoms with Crippen LogP contribution >= 0.6 is 0 Å². The van der Waals surface area contributed by atoms with Crippen LogP contribution in [0, 0.1) is 23.4 Å². The van der Waals surface area contributed by atoms with Crippen molar-refractivity contribution in [1.29, 1.82) is 0 Å². The number of ether oxygens (including phenoxy) is 1. The van der Waals surface area contributed by atoms with Gasteiger partial charge in [-0.3, -0.25) is 0 Å². The van der Waals surface area contributed by atoms with Gasteiger partial charge in [0.2, 0.25) is 0 Å². The predicted octanol–water partition coefficient (Wildman–Crippen LogP) is 8.35. The molecule has 2 N–H and O–H groups in total. The van der Waals surface area contributed by atoms with Crippen molar-refractivity contribution in [2.24, 2.45) is 11.7 Å². The van der Waals surface area contributed by atoms with E-state index in [1.54, 1.807) is 0 Å². The fraction of sp³-hybridized carbons (Fsp3) is 0.357. The molecule has 0 aromatic heterocycles. The minimum Gasteiger partial charge on any atom is -0.403 e. The van der Waals surface area contributed by atoms with E-state index in [2.05, 4.69) is 11.7 Å². The molecule has 4 rings (SSSR count). The van der Waals surface area contributed by atoms with Crippen molar-refractivity contribution in [3.05, 3.63) is 77.6 Å². The summed E-state index contributed by atoms with van der Waals surface area (Å²) in [5, 5.41) is 0. The predicted molar refractivity (Wildman–Crippen MR) is 127 cm³/mol. The van der Waals surface area contributed by atoms with Gasteiger partial charge in [-0.15, -0.1) is 13.2 Å². The van der Waals surface area contributed by atoms with Crippen LogP contribution in [0.4, 0.5) is 26.3 Å². The summed E-state index contributed by atoms with van der Waals surface area (Å²) in [6.07, 6.45) is 0.172. The van der Waals surface area contributed by atoms with Crippen molar-refractivity contribution in [3.63, 3.8) is 0 Å². The third-order valence-electron chi connectivity index (χ3n) is 7.05. The summed E-state index contributed by atoms with van der Waals surface area (Å²) >= 11 is 0. The van der Waals surface area contributed by atoms with Crippen LogP contribution in [0.3, 0.4) is 0 Å². The molecule has 0 saturated heterocycles. The monoisotopic (exact) mass is 507 g/mol. The van der Waals surface area contributed by atoms with Crippen LogP contribution < -0.4 is 10.5 Å². The number of rotatable bonds is 6. The van der Waals surface area contributed by atoms with E-state index >= 15 is 0 Å². The molecule has 1 fully saturated rings. The Morgan fingerprint density at radius 2 is 1.36 bits per heavy atom. The van der Waals surface area contributed by atoms with Gasteiger partial charge < -0.3 is 10.5 Å². The molecule has 1 unspecified atom stereocenters. The first kappa shape index (κ1) is 26.1. The maximum Gasteiger partial charge on any atom is 0.573 e. The molecule has 0 heterocycles. The summed E-state index contributed by atoms with van der Waals surface area (Å²) < 4.78 is 84.5. The third-order valence-corrected chi connectivity index (χ3v) is 7.05. The molecular formula is C28H27F6NO. The van der Waals surface area contributed by atoms with E-state index in [9.17, 15) is 26.3 Å². The third kappa shape index (κ3) is 5.86. The van der Waals surface area contributed by atoms with Crippen molar-refractivity contribution in [2.75, 3.05) is 0 Å². The number of hydrogen-bond acceptors (Lipinski definition) is 2. The second-order valence-electron chi connectivity index (χ2n) is 9.31. The first-order chi connectivity index (χ1) is 17.1. The maximum atomic E-state index is 14.9. The lowest BCUT2D eigenvalue weighted by Crippen LogP contribution is -2.32. The molecule has 1 atom stereocenters. The average Bonchev–Trinajstić information content (AvgIpc) is 2.84. The summed E-state index contributed by atoms with van der Waals surface area (Å²) in [6, 6.07) is 12.3. The summed E-state index contributed by atoms with van der Waals surface area (Å²) in [7, 11) is 0. The van der Waals surface area contributed by atoms with E-state index in [0.29, 0.717) is 35.1 Å². The SMILES string of the molecule is CCC(N)C1CCC(c2ccc(-c3cc(F)c(-c4ccc(OC(F)(F)F)c(F)c4)c(F)c3)cc2)CC1. The summed E-state index contributed by atoms with van der Waals surface area (Å²) in [6.45, 7) is 2.11. The number of hydrogen-bond donors (Lipinski definition) is 1. The van der Waals surface area contributed by atoms with Crippen LogP contribution in [0.1, 0.15) is 50.5 Å². The Labute approximate surface area is 206 Å². The van der Waals surface area contributed by atoms with Gasteiger partial charge in [-0.05, 0) is 90.5 Å². The van der Waals surface area contributed by atoms with Crippen molar-refractivity contribution in [2.45, 2.75) is 57.3 Å². The lowest BCUT2D eigenvalue weighted by molar-refractivity contribution is -0.275. The van der Waals surface area contributed by atoms with Gasteiger partial charge in [0.25, 0.3) is 0 Å². The first-order valence-electron chi connectivity index (χ1n) is 12.0. The summed E-state index contributed by atoms with van der Waals surface area (Å²) in [4.78, 5) is 0. The molecule has 0 amide bonds. The minimum atomic E-state index is -5.09. The van der Waals surface area contributed by atoms with Crippen molar-refractivity contribution in [1.82, 2.24) is 0 Å². The van der Waals surface area contributed by atoms with Crippen molar-refractivity contribution < 1.29 is 31.1 Å². The molecule has 2 nitrogen and oxygen atoms in total. The molecule has 0 spiro atoms. The van der Waals surface area contributed by atoms with Crippen LogP contribution in [-0.4, -0.2) is 12.4 Å². The molecule has 8 heteroatoms. The van der Waals surface area contributed by atoms with Crippen LogP contribution in [0.5, 0.6) is 5.75 Å². The lowest BCUT2D eigenvalue weighted by atomic mass is 9.75. The van der Waals surface area contributed by atoms with Gasteiger partial charge in [-0.25, -0.2) is 13.2 Å². The fourth-order valence-electron chi connectivity index (χ4n) is 5.04. The van der Waals surface area contributed by atoms with Gasteiger partial charge in [-0.2, -0.15) is 0 Å². The zero-order valence-corrected chi connectivity index (χ0v) is 19.7. The molecule has 1 saturated carbocycles. The topological polar surface area (TPSA) is 35.2 Å². The molecule has 1 aliphatic carbocycles. The fourth-order valence-corrected chi connectivity index (χ4v) is 5.04. The highest BCUT2D eigenvalue weighted by molar-refractivity contribution is 5.72. The molecule has 36 heavy (non-hydrogen) atoms. The normalized spacial score (nSPS) is 19.2. The number of halogens is 6. The molecule has 0 radical (unpaired) electrons. The first-order valence-corrected chi connectivity index (χ1v) is 12.0. The Morgan fingerprint density at radius 3 is 1.89 bits per heavy atom. The van der Waals surface area contributed by atoms with E-state index in [1.165, 1.54) is 5.56 Å². The Bertz CT molecular complexity index is 1180. The van der Waals surface area contributed by atoms with Crippen molar-refractivity contribution >= 4 is 0 Å². The quantitative estimate of drug-likeness (QED) is 0.340. The molecule has 0 bridgehead atoms. The van der Waals surface area contributed by atoms with Gasteiger partial charge >= 0.3 is 6.36 Å². The number of alkyl halides is 3. The molecule has 1 aliphatic rings. The molecule has 3 aromatic carbocycles. The Hall–Kier alpha value is -3.00. The zero-order valence-electron chi connectivity index (χ0n) is 19.7. The molecule has 0 aliphatic heterocycles. The van der Waals surface area contributed by atoms with Crippen molar-refractivity contribution in [3.8, 4) is 28.0 Å². The largest absolute Gasteiger partial charge is 0.573 e. The number of benzene rings is 3. The van der Waals surface area contributed by atoms with E-state index in [0.717, 1.165) is 50.3 Å². The Balaban J connectivity index is 1.52. The van der Waals surface area contributed by atoms with E-state index < -0.39 is 35.1 Å². The second-order valence-corrected chi connectivity index (χ2v) is 9.31. The summed E-state index contributed by atoms with van der Waals surface area (Å²) in [5.41, 5.74) is 7.52. The molecule has 192 valence electrons. The van der Waals surface area contributed by atoms with E-state index in [1.807, 2.05) is 24.3 Å². The highest BCUT2D eigenvalue weighted by Crippen LogP contribution is 2.39. The highest BCUT2D eigenvalue weighted by Gasteiger charge is 2.32. The molecular weight excluding hydrogens is 480 g/mol. The minimum absolute atomic E-state index is 0.239. The molecule has 3 aromatic rings. The van der Waals surface area contributed by atoms with Gasteiger partial charge in [0, 0.05) is 6.04 Å². The van der Waals surface area contributed by atoms with Crippen LogP contribution in [0.15, 0.2) is 54.6 Å². The van der Waals surface area contributed by atoms with Crippen LogP contribution in [-0.2, 0) is 0 Å². The smallest absolute Gasteiger partial charge is 0.403 e. The lowest BCUT2D eigenvalue weighted by Gasteiger charge is -2.32. The van der Waals surface area contributed by atoms with Gasteiger partial charge in [-0.1, -0.05) is 37.3 Å². The average molecular weight is 508 g/mol. The second kappa shape index (κ2) is 10.5. The van der Waals surface area contributed by atoms with E-state index in [4.69, 9.17) is 5.73 Å². The van der Waals surface area contributed by atoms with Gasteiger partial charge in [0.1, 0.15) is 11.6 Å². The standard InChI is InChI=1S/C28H27F6NO/c1-2-25(35)19-9-7-17(8-10-19)16-3-5-18(6-4-16)21-14-23(30)27(24(31)15-21)20-11-12-26(22(29)13-20)36-28(32,33)34/h3-6,11-15,17,19,25H,2,7-10,35H2,1H3. The van der Waals surface area contributed by atoms with Crippen LogP contribution in [0.25, 0.3) is 22.3 Å².